The fraction of sp³-hybridized carbons (Fsp3) is 0.364. The van der Waals surface area contributed by atoms with Gasteiger partial charge in [0.05, 0.1) is 24.5 Å². The zero-order chi connectivity index (χ0) is 22.4. The van der Waals surface area contributed by atoms with Crippen LogP contribution in [0.5, 0.6) is 5.88 Å². The zero-order valence-electron chi connectivity index (χ0n) is 17.6. The van der Waals surface area contributed by atoms with Gasteiger partial charge in [0.2, 0.25) is 11.8 Å². The van der Waals surface area contributed by atoms with E-state index in [0.717, 1.165) is 13.1 Å². The molecule has 162 valence electrons. The molecule has 9 heteroatoms. The smallest absolute Gasteiger partial charge is 0.271 e. The molecule has 0 atom stereocenters. The minimum Gasteiger partial charge on any atom is -0.494 e. The van der Waals surface area contributed by atoms with Gasteiger partial charge in [-0.1, -0.05) is 0 Å². The Morgan fingerprint density at radius 3 is 2.58 bits per heavy atom. The summed E-state index contributed by atoms with van der Waals surface area (Å²) in [6.07, 6.45) is 1.45. The van der Waals surface area contributed by atoms with E-state index < -0.39 is 5.56 Å². The molecule has 9 nitrogen and oxygen atoms in total. The minimum atomic E-state index is -0.512. The van der Waals surface area contributed by atoms with Crippen molar-refractivity contribution in [2.75, 3.05) is 38.2 Å². The Labute approximate surface area is 180 Å². The largest absolute Gasteiger partial charge is 0.494 e. The van der Waals surface area contributed by atoms with Crippen molar-refractivity contribution in [3.8, 4) is 11.9 Å². The number of rotatable bonds is 6. The normalized spacial score (nSPS) is 14.5. The molecule has 2 aromatic rings. The van der Waals surface area contributed by atoms with E-state index >= 15 is 0 Å². The monoisotopic (exact) mass is 423 g/mol. The molecule has 3 rings (SSSR count). The van der Waals surface area contributed by atoms with Crippen LogP contribution in [-0.4, -0.2) is 59.5 Å². The molecule has 0 spiro atoms. The molecule has 1 aromatic heterocycles. The third-order valence-corrected chi connectivity index (χ3v) is 5.12. The highest BCUT2D eigenvalue weighted by molar-refractivity contribution is 5.89. The van der Waals surface area contributed by atoms with Crippen molar-refractivity contribution in [2.45, 2.75) is 20.4 Å². The lowest BCUT2D eigenvalue weighted by Gasteiger charge is -2.27. The summed E-state index contributed by atoms with van der Waals surface area (Å²) < 4.78 is 6.55. The predicted octanol–water partition coefficient (Wildman–Crippen LogP) is 1.78. The molecule has 1 aliphatic rings. The molecular weight excluding hydrogens is 398 g/mol. The fourth-order valence-electron chi connectivity index (χ4n) is 3.37. The third kappa shape index (κ3) is 5.36. The molecular formula is C22H25N5O4. The molecule has 0 unspecified atom stereocenters. The second-order valence-corrected chi connectivity index (χ2v) is 7.25. The van der Waals surface area contributed by atoms with Crippen molar-refractivity contribution in [1.82, 2.24) is 9.47 Å². The second-order valence-electron chi connectivity index (χ2n) is 7.25. The van der Waals surface area contributed by atoms with E-state index in [1.807, 2.05) is 6.07 Å². The molecule has 2 N–H and O–H groups in total. The highest BCUT2D eigenvalue weighted by atomic mass is 16.5. The number of anilines is 1. The molecule has 1 fully saturated rings. The number of ether oxygens (including phenoxy) is 1. The number of amides is 1. The van der Waals surface area contributed by atoms with Crippen molar-refractivity contribution >= 4 is 23.5 Å². The summed E-state index contributed by atoms with van der Waals surface area (Å²) in [5.41, 5.74) is 1.42. The molecule has 0 bridgehead atoms. The summed E-state index contributed by atoms with van der Waals surface area (Å²) >= 11 is 0. The zero-order valence-corrected chi connectivity index (χ0v) is 17.6. The molecule has 31 heavy (non-hydrogen) atoms. The van der Waals surface area contributed by atoms with Gasteiger partial charge in [0.1, 0.15) is 11.6 Å². The average molecular weight is 423 g/mol. The molecule has 0 saturated carbocycles. The van der Waals surface area contributed by atoms with E-state index in [1.54, 1.807) is 31.2 Å². The summed E-state index contributed by atoms with van der Waals surface area (Å²) in [5, 5.41) is 23.0. The summed E-state index contributed by atoms with van der Waals surface area (Å²) in [6, 6.07) is 8.81. The fourth-order valence-corrected chi connectivity index (χ4v) is 3.37. The SMILES string of the molecule is CC(=O)Nc1ccc(N=Cc2c(C)c(C#N)c(=O)n(CCN3CCOCC3)c2O)cc1. The second kappa shape index (κ2) is 10.0. The number of morpholine rings is 1. The van der Waals surface area contributed by atoms with Crippen LogP contribution in [0.2, 0.25) is 0 Å². The van der Waals surface area contributed by atoms with Crippen molar-refractivity contribution in [3.05, 3.63) is 51.3 Å². The van der Waals surface area contributed by atoms with Crippen LogP contribution in [0.25, 0.3) is 0 Å². The Hall–Kier alpha value is -3.48. The topological polar surface area (TPSA) is 120 Å². The number of carbonyl (C=O) groups is 1. The minimum absolute atomic E-state index is 0.0118. The maximum atomic E-state index is 12.7. The van der Waals surface area contributed by atoms with Crippen LogP contribution in [0.1, 0.15) is 23.6 Å². The lowest BCUT2D eigenvalue weighted by Crippen LogP contribution is -2.39. The molecule has 1 amide bonds. The molecule has 1 saturated heterocycles. The highest BCUT2D eigenvalue weighted by Crippen LogP contribution is 2.22. The van der Waals surface area contributed by atoms with E-state index in [-0.39, 0.29) is 23.9 Å². The van der Waals surface area contributed by atoms with Gasteiger partial charge in [-0.25, -0.2) is 0 Å². The van der Waals surface area contributed by atoms with Crippen molar-refractivity contribution in [3.63, 3.8) is 0 Å². The summed E-state index contributed by atoms with van der Waals surface area (Å²) in [5.74, 6) is -0.381. The van der Waals surface area contributed by atoms with Crippen LogP contribution in [0, 0.1) is 18.3 Å². The number of carbonyl (C=O) groups excluding carboxylic acids is 1. The number of aromatic hydroxyl groups is 1. The van der Waals surface area contributed by atoms with Gasteiger partial charge in [-0.15, -0.1) is 0 Å². The first kappa shape index (κ1) is 22.2. The molecule has 0 radical (unpaired) electrons. The molecule has 1 aliphatic heterocycles. The maximum Gasteiger partial charge on any atom is 0.271 e. The van der Waals surface area contributed by atoms with Crippen LogP contribution in [0.4, 0.5) is 11.4 Å². The van der Waals surface area contributed by atoms with Crippen molar-refractivity contribution < 1.29 is 14.6 Å². The van der Waals surface area contributed by atoms with E-state index in [2.05, 4.69) is 15.2 Å². The van der Waals surface area contributed by atoms with Gasteiger partial charge < -0.3 is 15.2 Å². The van der Waals surface area contributed by atoms with Gasteiger partial charge in [0.25, 0.3) is 5.56 Å². The number of nitrogens with zero attached hydrogens (tertiary/aromatic N) is 4. The summed E-state index contributed by atoms with van der Waals surface area (Å²) in [6.45, 7) is 6.65. The third-order valence-electron chi connectivity index (χ3n) is 5.12. The predicted molar refractivity (Wildman–Crippen MR) is 117 cm³/mol. The summed E-state index contributed by atoms with van der Waals surface area (Å²) in [4.78, 5) is 30.4. The number of hydrogen-bond donors (Lipinski definition) is 2. The van der Waals surface area contributed by atoms with Gasteiger partial charge in [-0.2, -0.15) is 5.26 Å². The van der Waals surface area contributed by atoms with Gasteiger partial charge in [-0.3, -0.25) is 24.0 Å². The van der Waals surface area contributed by atoms with Crippen LogP contribution < -0.4 is 10.9 Å². The van der Waals surface area contributed by atoms with Gasteiger partial charge in [-0.05, 0) is 36.8 Å². The van der Waals surface area contributed by atoms with Crippen LogP contribution in [-0.2, 0) is 16.1 Å². The van der Waals surface area contributed by atoms with E-state index in [4.69, 9.17) is 4.74 Å². The number of aliphatic imine (C=N–C) groups is 1. The van der Waals surface area contributed by atoms with Crippen molar-refractivity contribution in [2.24, 2.45) is 4.99 Å². The Morgan fingerprint density at radius 2 is 1.97 bits per heavy atom. The van der Waals surface area contributed by atoms with E-state index in [1.165, 1.54) is 17.7 Å². The summed E-state index contributed by atoms with van der Waals surface area (Å²) in [7, 11) is 0. The molecule has 0 aliphatic carbocycles. The van der Waals surface area contributed by atoms with Crippen LogP contribution in [0.15, 0.2) is 34.1 Å². The number of aromatic nitrogens is 1. The molecule has 2 heterocycles. The molecule has 1 aromatic carbocycles. The maximum absolute atomic E-state index is 12.7. The van der Waals surface area contributed by atoms with E-state index in [0.29, 0.717) is 42.3 Å². The van der Waals surface area contributed by atoms with Gasteiger partial charge in [0, 0.05) is 45.0 Å². The quantitative estimate of drug-likeness (QED) is 0.684. The van der Waals surface area contributed by atoms with Crippen LogP contribution >= 0.6 is 0 Å². The number of benzene rings is 1. The Bertz CT molecular complexity index is 1080. The first-order chi connectivity index (χ1) is 14.9. The lowest BCUT2D eigenvalue weighted by molar-refractivity contribution is -0.114. The Kier molecular flexibility index (Phi) is 7.18. The van der Waals surface area contributed by atoms with E-state index in [9.17, 15) is 20.0 Å². The Balaban J connectivity index is 1.88. The Morgan fingerprint density at radius 1 is 1.29 bits per heavy atom. The highest BCUT2D eigenvalue weighted by Gasteiger charge is 2.19. The average Bonchev–Trinajstić information content (AvgIpc) is 2.75. The van der Waals surface area contributed by atoms with Crippen molar-refractivity contribution in [1.29, 1.82) is 5.26 Å². The number of nitrogens with one attached hydrogen (secondary N) is 1. The van der Waals surface area contributed by atoms with Gasteiger partial charge >= 0.3 is 0 Å². The van der Waals surface area contributed by atoms with Gasteiger partial charge in [0.15, 0.2) is 0 Å². The first-order valence-electron chi connectivity index (χ1n) is 9.99. The first-order valence-corrected chi connectivity index (χ1v) is 9.99. The standard InChI is InChI=1S/C22H25N5O4/c1-15-19(13-23)21(29)27(8-7-26-9-11-31-12-10-26)22(30)20(15)14-24-17-3-5-18(6-4-17)25-16(2)28/h3-6,14,30H,7-12H2,1-2H3,(H,25,28). The van der Waals surface area contributed by atoms with Crippen LogP contribution in [0.3, 0.4) is 0 Å². The number of hydrogen-bond acceptors (Lipinski definition) is 7. The number of nitriles is 1. The number of pyridine rings is 1. The lowest BCUT2D eigenvalue weighted by atomic mass is 10.1.